The van der Waals surface area contributed by atoms with E-state index in [1.165, 1.54) is 0 Å². The monoisotopic (exact) mass is 318 g/mol. The van der Waals surface area contributed by atoms with Gasteiger partial charge in [0, 0.05) is 12.1 Å². The van der Waals surface area contributed by atoms with E-state index < -0.39 is 0 Å². The summed E-state index contributed by atoms with van der Waals surface area (Å²) in [6.07, 6.45) is 2.17. The lowest BCUT2D eigenvalue weighted by molar-refractivity contribution is 0.478. The van der Waals surface area contributed by atoms with E-state index in [4.69, 9.17) is 23.2 Å². The second kappa shape index (κ2) is 8.16. The zero-order valence-electron chi connectivity index (χ0n) is 8.95. The van der Waals surface area contributed by atoms with Gasteiger partial charge >= 0.3 is 0 Å². The molecule has 0 amide bonds. The second-order valence-electron chi connectivity index (χ2n) is 3.51. The summed E-state index contributed by atoms with van der Waals surface area (Å²) >= 11 is 11.5. The minimum Gasteiger partial charge on any atom is -0.367 e. The van der Waals surface area contributed by atoms with Crippen molar-refractivity contribution >= 4 is 53.8 Å². The average Bonchev–Trinajstić information content (AvgIpc) is 2.17. The smallest absolute Gasteiger partial charge is 0.225 e. The Kier molecular flexibility index (Phi) is 8.16. The van der Waals surface area contributed by atoms with Gasteiger partial charge in [0.05, 0.1) is 0 Å². The van der Waals surface area contributed by atoms with Crippen molar-refractivity contribution in [3.05, 3.63) is 16.5 Å². The summed E-state index contributed by atoms with van der Waals surface area (Å²) in [5.41, 5.74) is 0. The minimum atomic E-state index is 0. The number of aromatic nitrogens is 2. The quantitative estimate of drug-likeness (QED) is 0.650. The Morgan fingerprint density at radius 2 is 1.82 bits per heavy atom. The average molecular weight is 320 g/mol. The van der Waals surface area contributed by atoms with Crippen LogP contribution in [0.5, 0.6) is 0 Å². The first kappa shape index (κ1) is 17.0. The third-order valence-electron chi connectivity index (χ3n) is 2.36. The Balaban J connectivity index is 0.00000128. The number of nitrogens with zero attached hydrogens (tertiary/aromatic N) is 2. The molecule has 0 radical (unpaired) electrons. The molecule has 0 atom stereocenters. The molecule has 1 saturated heterocycles. The number of hydrogen-bond donors (Lipinski definition) is 2. The topological polar surface area (TPSA) is 49.8 Å². The van der Waals surface area contributed by atoms with Gasteiger partial charge in [-0.05, 0) is 37.5 Å². The molecule has 1 aromatic heterocycles. The zero-order valence-corrected chi connectivity index (χ0v) is 12.1. The van der Waals surface area contributed by atoms with Crippen LogP contribution in [0.15, 0.2) is 6.07 Å². The van der Waals surface area contributed by atoms with Crippen LogP contribution in [0.3, 0.4) is 0 Å². The molecule has 2 N–H and O–H groups in total. The van der Waals surface area contributed by atoms with Crippen LogP contribution in [0, 0.1) is 0 Å². The molecule has 98 valence electrons. The molecule has 0 saturated carbocycles. The predicted molar refractivity (Wildman–Crippen MR) is 76.1 cm³/mol. The van der Waals surface area contributed by atoms with Crippen molar-refractivity contribution in [2.24, 2.45) is 0 Å². The van der Waals surface area contributed by atoms with Gasteiger partial charge in [-0.2, -0.15) is 0 Å². The van der Waals surface area contributed by atoms with Gasteiger partial charge in [-0.3, -0.25) is 0 Å². The maximum Gasteiger partial charge on any atom is 0.225 e. The van der Waals surface area contributed by atoms with E-state index >= 15 is 0 Å². The lowest BCUT2D eigenvalue weighted by Gasteiger charge is -2.24. The normalized spacial score (nSPS) is 15.6. The Morgan fingerprint density at radius 3 is 2.41 bits per heavy atom. The van der Waals surface area contributed by atoms with Crippen molar-refractivity contribution in [3.8, 4) is 0 Å². The molecule has 1 fully saturated rings. The van der Waals surface area contributed by atoms with Crippen molar-refractivity contribution in [2.45, 2.75) is 18.9 Å². The number of anilines is 1. The second-order valence-corrected chi connectivity index (χ2v) is 4.24. The summed E-state index contributed by atoms with van der Waals surface area (Å²) in [6, 6.07) is 2.13. The Morgan fingerprint density at radius 1 is 1.18 bits per heavy atom. The molecule has 4 nitrogen and oxygen atoms in total. The van der Waals surface area contributed by atoms with Gasteiger partial charge in [0.15, 0.2) is 0 Å². The molecule has 0 unspecified atom stereocenters. The molecule has 1 aromatic rings. The molecule has 0 aliphatic carbocycles. The molecular weight excluding hydrogens is 306 g/mol. The summed E-state index contributed by atoms with van der Waals surface area (Å²) in [4.78, 5) is 7.86. The highest BCUT2D eigenvalue weighted by atomic mass is 35.5. The summed E-state index contributed by atoms with van der Waals surface area (Å²) in [6.45, 7) is 2.06. The molecule has 1 aliphatic heterocycles. The fourth-order valence-electron chi connectivity index (χ4n) is 1.64. The summed E-state index contributed by atoms with van der Waals surface area (Å²) in [7, 11) is 0. The van der Waals surface area contributed by atoms with Crippen molar-refractivity contribution in [1.82, 2.24) is 15.3 Å². The first-order valence-electron chi connectivity index (χ1n) is 4.91. The summed E-state index contributed by atoms with van der Waals surface area (Å²) < 4.78 is 0. The van der Waals surface area contributed by atoms with E-state index in [1.807, 2.05) is 0 Å². The van der Waals surface area contributed by atoms with E-state index in [0.29, 0.717) is 17.0 Å². The maximum absolute atomic E-state index is 5.78. The van der Waals surface area contributed by atoms with Gasteiger partial charge in [-0.15, -0.1) is 24.8 Å². The molecule has 0 aromatic carbocycles. The molecule has 17 heavy (non-hydrogen) atoms. The van der Waals surface area contributed by atoms with Crippen LogP contribution in [-0.2, 0) is 0 Å². The van der Waals surface area contributed by atoms with E-state index in [1.54, 1.807) is 6.07 Å². The molecule has 2 rings (SSSR count). The van der Waals surface area contributed by atoms with Crippen LogP contribution in [-0.4, -0.2) is 29.1 Å². The fraction of sp³-hybridized carbons (Fsp3) is 0.556. The summed E-state index contributed by atoms with van der Waals surface area (Å²) in [5, 5.41) is 7.15. The molecule has 0 spiro atoms. The summed E-state index contributed by atoms with van der Waals surface area (Å²) in [5.74, 6) is 0.701. The molecule has 0 bridgehead atoms. The highest BCUT2D eigenvalue weighted by Crippen LogP contribution is 2.17. The van der Waals surface area contributed by atoms with Crippen molar-refractivity contribution < 1.29 is 0 Å². The lowest BCUT2D eigenvalue weighted by atomic mass is 10.1. The number of piperidine rings is 1. The van der Waals surface area contributed by atoms with Crippen LogP contribution >= 0.6 is 48.0 Å². The van der Waals surface area contributed by atoms with E-state index in [0.717, 1.165) is 25.9 Å². The Labute approximate surface area is 123 Å². The first-order chi connectivity index (χ1) is 7.24. The van der Waals surface area contributed by atoms with Gasteiger partial charge in [0.2, 0.25) is 5.28 Å². The number of rotatable bonds is 2. The van der Waals surface area contributed by atoms with E-state index in [-0.39, 0.29) is 30.1 Å². The fourth-order valence-corrected chi connectivity index (χ4v) is 2.05. The van der Waals surface area contributed by atoms with Gasteiger partial charge in [0.25, 0.3) is 0 Å². The van der Waals surface area contributed by atoms with Crippen molar-refractivity contribution in [3.63, 3.8) is 0 Å². The van der Waals surface area contributed by atoms with Gasteiger partial charge in [-0.25, -0.2) is 9.97 Å². The Hall–Kier alpha value is -0.000000000000000194. The highest BCUT2D eigenvalue weighted by Gasteiger charge is 2.13. The van der Waals surface area contributed by atoms with E-state index in [2.05, 4.69) is 20.6 Å². The van der Waals surface area contributed by atoms with Crippen LogP contribution in [0.25, 0.3) is 0 Å². The number of halogens is 4. The third kappa shape index (κ3) is 5.44. The SMILES string of the molecule is Cl.Cl.Clc1cc(NC2CCNCC2)nc(Cl)n1. The molecule has 1 aliphatic rings. The maximum atomic E-state index is 5.78. The molecule has 2 heterocycles. The standard InChI is InChI=1S/C9H12Cl2N4.2ClH/c10-7-5-8(15-9(11)14-7)13-6-1-3-12-4-2-6;;/h5-6,12H,1-4H2,(H,13,14,15);2*1H. The minimum absolute atomic E-state index is 0. The zero-order chi connectivity index (χ0) is 10.7. The third-order valence-corrected chi connectivity index (χ3v) is 2.72. The van der Waals surface area contributed by atoms with Crippen molar-refractivity contribution in [1.29, 1.82) is 0 Å². The predicted octanol–water partition coefficient (Wildman–Crippen LogP) is 2.79. The van der Waals surface area contributed by atoms with E-state index in [9.17, 15) is 0 Å². The number of nitrogens with one attached hydrogen (secondary N) is 2. The van der Waals surface area contributed by atoms with Gasteiger partial charge in [-0.1, -0.05) is 11.6 Å². The molecule has 8 heteroatoms. The molecular formula is C9H14Cl4N4. The van der Waals surface area contributed by atoms with Gasteiger partial charge in [0.1, 0.15) is 11.0 Å². The highest BCUT2D eigenvalue weighted by molar-refractivity contribution is 6.32. The van der Waals surface area contributed by atoms with Crippen LogP contribution in [0.4, 0.5) is 5.82 Å². The number of hydrogen-bond acceptors (Lipinski definition) is 4. The first-order valence-corrected chi connectivity index (χ1v) is 5.67. The Bertz CT molecular complexity index is 324. The van der Waals surface area contributed by atoms with Crippen LogP contribution in [0.1, 0.15) is 12.8 Å². The van der Waals surface area contributed by atoms with Crippen LogP contribution < -0.4 is 10.6 Å². The van der Waals surface area contributed by atoms with Crippen molar-refractivity contribution in [2.75, 3.05) is 18.4 Å². The van der Waals surface area contributed by atoms with Gasteiger partial charge < -0.3 is 10.6 Å². The van der Waals surface area contributed by atoms with Crippen LogP contribution in [0.2, 0.25) is 10.4 Å². The largest absolute Gasteiger partial charge is 0.367 e. The lowest BCUT2D eigenvalue weighted by Crippen LogP contribution is -2.35.